The Kier molecular flexibility index (Phi) is 5.15. The molecule has 1 N–H and O–H groups in total. The van der Waals surface area contributed by atoms with Crippen molar-refractivity contribution < 1.29 is 19.2 Å². The Hall–Kier alpha value is -2.97. The maximum atomic E-state index is 12.0. The number of rotatable bonds is 3. The number of nitro benzene ring substituents is 1. The summed E-state index contributed by atoms with van der Waals surface area (Å²) in [5, 5.41) is 14.3. The number of ketones is 1. The highest BCUT2D eigenvalue weighted by molar-refractivity contribution is 6.14. The Morgan fingerprint density at radius 3 is 2.77 bits per heavy atom. The standard InChI is InChI=1S/C17H20N4O5/c1-2-26-17(23)20-7-5-11(6-8-20)19-16-14-9-12(21(24)25)3-4-13(14)15(22)10-18-16/h3-4,9,11H,2,5-8,10H2,1H3,(H,18,19). The summed E-state index contributed by atoms with van der Waals surface area (Å²) in [5.41, 5.74) is 0.824. The number of carbonyl (C=O) groups is 2. The summed E-state index contributed by atoms with van der Waals surface area (Å²) in [6, 6.07) is 4.26. The largest absolute Gasteiger partial charge is 0.450 e. The third-order valence-corrected chi connectivity index (χ3v) is 4.51. The van der Waals surface area contributed by atoms with Crippen molar-refractivity contribution in [1.82, 2.24) is 10.2 Å². The zero-order valence-electron chi connectivity index (χ0n) is 14.4. The van der Waals surface area contributed by atoms with Gasteiger partial charge >= 0.3 is 6.09 Å². The molecule has 1 amide bonds. The zero-order valence-corrected chi connectivity index (χ0v) is 14.4. The summed E-state index contributed by atoms with van der Waals surface area (Å²) < 4.78 is 5.00. The fourth-order valence-corrected chi connectivity index (χ4v) is 3.14. The molecule has 9 nitrogen and oxygen atoms in total. The quantitative estimate of drug-likeness (QED) is 0.649. The number of nitro groups is 1. The lowest BCUT2D eigenvalue weighted by molar-refractivity contribution is -0.384. The van der Waals surface area contributed by atoms with Crippen molar-refractivity contribution in [1.29, 1.82) is 0 Å². The van der Waals surface area contributed by atoms with Crippen LogP contribution in [0.25, 0.3) is 0 Å². The fraction of sp³-hybridized carbons (Fsp3) is 0.471. The van der Waals surface area contributed by atoms with E-state index in [0.29, 0.717) is 49.5 Å². The first kappa shape index (κ1) is 17.8. The van der Waals surface area contributed by atoms with Gasteiger partial charge in [-0.1, -0.05) is 0 Å². The number of fused-ring (bicyclic) bond motifs is 1. The van der Waals surface area contributed by atoms with Gasteiger partial charge in [-0.15, -0.1) is 0 Å². The van der Waals surface area contributed by atoms with E-state index in [1.165, 1.54) is 18.2 Å². The third-order valence-electron chi connectivity index (χ3n) is 4.51. The highest BCUT2D eigenvalue weighted by atomic mass is 16.6. The highest BCUT2D eigenvalue weighted by Crippen LogP contribution is 2.22. The van der Waals surface area contributed by atoms with Crippen LogP contribution in [-0.2, 0) is 4.74 Å². The second-order valence-corrected chi connectivity index (χ2v) is 6.18. The molecule has 9 heteroatoms. The monoisotopic (exact) mass is 360 g/mol. The van der Waals surface area contributed by atoms with Crippen LogP contribution in [0.1, 0.15) is 35.7 Å². The van der Waals surface area contributed by atoms with Crippen molar-refractivity contribution in [2.24, 2.45) is 4.99 Å². The van der Waals surface area contributed by atoms with Gasteiger partial charge in [-0.3, -0.25) is 19.9 Å². The molecule has 1 fully saturated rings. The lowest BCUT2D eigenvalue weighted by atomic mass is 9.97. The molecule has 26 heavy (non-hydrogen) atoms. The molecule has 0 atom stereocenters. The van der Waals surface area contributed by atoms with Crippen LogP contribution in [0.5, 0.6) is 0 Å². The predicted molar refractivity (Wildman–Crippen MR) is 93.6 cm³/mol. The van der Waals surface area contributed by atoms with E-state index >= 15 is 0 Å². The lowest BCUT2D eigenvalue weighted by Crippen LogP contribution is -2.47. The predicted octanol–water partition coefficient (Wildman–Crippen LogP) is 1.75. The fourth-order valence-electron chi connectivity index (χ4n) is 3.14. The van der Waals surface area contributed by atoms with Crippen molar-refractivity contribution in [2.75, 3.05) is 26.2 Å². The first-order chi connectivity index (χ1) is 12.5. The Labute approximate surface area is 150 Å². The van der Waals surface area contributed by atoms with E-state index in [4.69, 9.17) is 4.74 Å². The van der Waals surface area contributed by atoms with Crippen LogP contribution in [0.15, 0.2) is 23.2 Å². The third kappa shape index (κ3) is 3.66. The Balaban J connectivity index is 1.70. The lowest BCUT2D eigenvalue weighted by Gasteiger charge is -2.33. The van der Waals surface area contributed by atoms with Gasteiger partial charge < -0.3 is 15.0 Å². The number of benzene rings is 1. The molecule has 1 aromatic carbocycles. The second-order valence-electron chi connectivity index (χ2n) is 6.18. The van der Waals surface area contributed by atoms with E-state index in [2.05, 4.69) is 10.3 Å². The first-order valence-electron chi connectivity index (χ1n) is 8.54. The second kappa shape index (κ2) is 7.51. The molecule has 0 unspecified atom stereocenters. The molecule has 138 valence electrons. The molecule has 0 bridgehead atoms. The highest BCUT2D eigenvalue weighted by Gasteiger charge is 2.28. The van der Waals surface area contributed by atoms with Crippen molar-refractivity contribution in [3.8, 4) is 0 Å². The molecule has 2 aliphatic rings. The first-order valence-corrected chi connectivity index (χ1v) is 8.54. The Bertz CT molecular complexity index is 768. The van der Waals surface area contributed by atoms with Gasteiger partial charge in [-0.25, -0.2) is 4.79 Å². The minimum Gasteiger partial charge on any atom is -0.450 e. The summed E-state index contributed by atoms with van der Waals surface area (Å²) in [7, 11) is 0. The van der Waals surface area contributed by atoms with Crippen molar-refractivity contribution in [3.05, 3.63) is 39.4 Å². The number of hydrogen-bond acceptors (Lipinski definition) is 7. The van der Waals surface area contributed by atoms with Crippen LogP contribution in [0.2, 0.25) is 0 Å². The van der Waals surface area contributed by atoms with Crippen LogP contribution in [0, 0.1) is 10.1 Å². The van der Waals surface area contributed by atoms with E-state index in [-0.39, 0.29) is 30.2 Å². The number of aliphatic imine (C=N–C) groups is 1. The molecule has 0 aromatic heterocycles. The van der Waals surface area contributed by atoms with E-state index in [1.807, 2.05) is 0 Å². The molecule has 0 radical (unpaired) electrons. The van der Waals surface area contributed by atoms with E-state index in [9.17, 15) is 19.7 Å². The Morgan fingerprint density at radius 1 is 1.38 bits per heavy atom. The molecule has 0 aliphatic carbocycles. The smallest absolute Gasteiger partial charge is 0.409 e. The van der Waals surface area contributed by atoms with Gasteiger partial charge in [0.25, 0.3) is 5.69 Å². The van der Waals surface area contributed by atoms with Crippen molar-refractivity contribution in [3.63, 3.8) is 0 Å². The average Bonchev–Trinajstić information content (AvgIpc) is 2.64. The van der Waals surface area contributed by atoms with Crippen molar-refractivity contribution in [2.45, 2.75) is 25.8 Å². The van der Waals surface area contributed by atoms with Crippen molar-refractivity contribution >= 4 is 23.4 Å². The van der Waals surface area contributed by atoms with Gasteiger partial charge in [-0.05, 0) is 25.8 Å². The molecule has 2 heterocycles. The average molecular weight is 360 g/mol. The number of carbonyl (C=O) groups excluding carboxylic acids is 2. The molecule has 1 saturated heterocycles. The van der Waals surface area contributed by atoms with Gasteiger partial charge in [0.05, 0.1) is 11.5 Å². The van der Waals surface area contributed by atoms with Gasteiger partial charge in [-0.2, -0.15) is 0 Å². The molecule has 0 spiro atoms. The van der Waals surface area contributed by atoms with Crippen LogP contribution in [-0.4, -0.2) is 59.8 Å². The Morgan fingerprint density at radius 2 is 2.12 bits per heavy atom. The minimum atomic E-state index is -0.491. The number of Topliss-reactive ketones (excluding diaryl/α,β-unsaturated/α-hetero) is 1. The summed E-state index contributed by atoms with van der Waals surface area (Å²) in [6.45, 7) is 3.26. The van der Waals surface area contributed by atoms with Gasteiger partial charge in [0, 0.05) is 42.4 Å². The van der Waals surface area contributed by atoms with Crippen LogP contribution < -0.4 is 5.32 Å². The summed E-state index contributed by atoms with van der Waals surface area (Å²) in [6.07, 6.45) is 1.10. The number of nitrogens with zero attached hydrogens (tertiary/aromatic N) is 3. The molecular formula is C17H20N4O5. The van der Waals surface area contributed by atoms with Crippen LogP contribution in [0.3, 0.4) is 0 Å². The number of hydrogen-bond donors (Lipinski definition) is 1. The number of amidine groups is 1. The van der Waals surface area contributed by atoms with E-state index < -0.39 is 4.92 Å². The number of non-ortho nitro benzene ring substituents is 1. The molecular weight excluding hydrogens is 340 g/mol. The molecule has 0 saturated carbocycles. The molecule has 3 rings (SSSR count). The maximum absolute atomic E-state index is 12.0. The van der Waals surface area contributed by atoms with E-state index in [1.54, 1.807) is 11.8 Å². The summed E-state index contributed by atoms with van der Waals surface area (Å²) in [5.74, 6) is 0.343. The zero-order chi connectivity index (χ0) is 18.7. The van der Waals surface area contributed by atoms with Gasteiger partial charge in [0.15, 0.2) is 5.78 Å². The molecule has 1 aromatic rings. The summed E-state index contributed by atoms with van der Waals surface area (Å²) in [4.78, 5) is 40.2. The topological polar surface area (TPSA) is 114 Å². The maximum Gasteiger partial charge on any atom is 0.409 e. The van der Waals surface area contributed by atoms with Gasteiger partial charge in [0.1, 0.15) is 12.4 Å². The van der Waals surface area contributed by atoms with Crippen LogP contribution >= 0.6 is 0 Å². The normalized spacial score (nSPS) is 17.3. The minimum absolute atomic E-state index is 0.0226. The number of nitrogens with one attached hydrogen (secondary N) is 1. The van der Waals surface area contributed by atoms with Crippen LogP contribution in [0.4, 0.5) is 10.5 Å². The molecule has 2 aliphatic heterocycles. The number of likely N-dealkylation sites (tertiary alicyclic amines) is 1. The van der Waals surface area contributed by atoms with Gasteiger partial charge in [0.2, 0.25) is 0 Å². The van der Waals surface area contributed by atoms with E-state index in [0.717, 1.165) is 0 Å². The summed E-state index contributed by atoms with van der Waals surface area (Å²) >= 11 is 0. The number of piperidine rings is 1. The SMILES string of the molecule is CCOC(=O)N1CCC(NC2=NCC(=O)c3ccc([N+](=O)[O-])cc32)CC1. The number of amides is 1. The number of ether oxygens (including phenoxy) is 1.